The number of carbonyl (C=O) groups is 3. The molecule has 4 rings (SSSR count). The first-order chi connectivity index (χ1) is 28.9. The molecule has 0 radical (unpaired) electrons. The zero-order valence-electron chi connectivity index (χ0n) is 35.9. The second-order valence-corrected chi connectivity index (χ2v) is 22.6. The largest absolute Gasteiger partial charge is 0.462 e. The van der Waals surface area contributed by atoms with E-state index >= 15 is 0 Å². The van der Waals surface area contributed by atoms with Crippen LogP contribution in [0.1, 0.15) is 129 Å². The van der Waals surface area contributed by atoms with E-state index in [4.69, 9.17) is 9.29 Å². The van der Waals surface area contributed by atoms with Gasteiger partial charge in [0.05, 0.1) is 45.3 Å². The van der Waals surface area contributed by atoms with Gasteiger partial charge in [-0.05, 0) is 63.8 Å². The minimum absolute atomic E-state index is 0.0338. The zero-order chi connectivity index (χ0) is 47.5. The SMILES string of the molecule is CCCC(=O)c1cc(C(=O)CCC)c2c(c1)[N+](CCCS(=O)(=O)O)=C(/C=C/C=C1/N(CCCS(=O)(=O)O)c3cc(S(=O)(=O)O)cc(C(=O)OCCCS(=O)(=O)O)c3C1(C)C)C2(C)C. The molecule has 22 heteroatoms. The van der Waals surface area contributed by atoms with Crippen molar-refractivity contribution in [1.82, 2.24) is 0 Å². The predicted octanol–water partition coefficient (Wildman–Crippen LogP) is 5.50. The molecule has 2 aliphatic heterocycles. The molecule has 0 saturated heterocycles. The van der Waals surface area contributed by atoms with E-state index < -0.39 is 86.0 Å². The molecule has 0 saturated carbocycles. The van der Waals surface area contributed by atoms with E-state index in [2.05, 4.69) is 0 Å². The normalized spacial score (nSPS) is 16.8. The van der Waals surface area contributed by atoms with Crippen LogP contribution in [0.25, 0.3) is 0 Å². The third-order valence-electron chi connectivity index (χ3n) is 10.9. The smallest absolute Gasteiger partial charge is 0.338 e. The maximum atomic E-state index is 13.8. The Balaban J connectivity index is 1.97. The lowest BCUT2D eigenvalue weighted by molar-refractivity contribution is -0.437. The fourth-order valence-corrected chi connectivity index (χ4v) is 10.2. The Morgan fingerprint density at radius 3 is 1.86 bits per heavy atom. The fraction of sp³-hybridized carbons (Fsp3) is 0.512. The Kier molecular flexibility index (Phi) is 15.9. The number of anilines is 1. The summed E-state index contributed by atoms with van der Waals surface area (Å²) in [6, 6.07) is 5.26. The molecule has 0 bridgehead atoms. The molecule has 2 heterocycles. The van der Waals surface area contributed by atoms with Gasteiger partial charge in [0.2, 0.25) is 5.69 Å². The third kappa shape index (κ3) is 12.6. The molecular formula is C41H55N2O16S4+. The third-order valence-corrected chi connectivity index (χ3v) is 14.1. The van der Waals surface area contributed by atoms with Gasteiger partial charge in [-0.2, -0.15) is 38.2 Å². The Morgan fingerprint density at radius 2 is 1.29 bits per heavy atom. The van der Waals surface area contributed by atoms with Crippen molar-refractivity contribution in [3.8, 4) is 0 Å². The standard InChI is InChI=1S/C41H54N2O16S4/c1-7-13-33(44)27-23-29(34(45)14-8-2)37-31(24-27)42(17-10-20-60(47,48)49)35(40(37,3)4)15-9-16-36-41(5,6)38-30(39(46)59-19-12-22-62(53,54)55)25-28(63(56,57)58)26-32(38)43(36)18-11-21-61(50,51)52/h9,15-16,23-26H,7-8,10-14,17-22H2,1-6H3,(H3-,47,48,49,50,51,52,53,54,55,56,57,58)/p+1. The molecule has 0 unspecified atom stereocenters. The fourth-order valence-electron chi connectivity index (χ4n) is 8.18. The van der Waals surface area contributed by atoms with Gasteiger partial charge in [-0.15, -0.1) is 0 Å². The van der Waals surface area contributed by atoms with E-state index in [1.54, 1.807) is 48.8 Å². The topological polar surface area (TPSA) is 284 Å². The van der Waals surface area contributed by atoms with Gasteiger partial charge in [-0.3, -0.25) is 27.8 Å². The van der Waals surface area contributed by atoms with Crippen LogP contribution in [0, 0.1) is 0 Å². The van der Waals surface area contributed by atoms with Crippen LogP contribution >= 0.6 is 0 Å². The molecule has 348 valence electrons. The van der Waals surface area contributed by atoms with Crippen LogP contribution < -0.4 is 4.90 Å². The summed E-state index contributed by atoms with van der Waals surface area (Å²) in [6.07, 6.45) is 5.87. The van der Waals surface area contributed by atoms with Gasteiger partial charge in [0.25, 0.3) is 40.5 Å². The maximum absolute atomic E-state index is 13.8. The number of ether oxygens (including phenoxy) is 1. The van der Waals surface area contributed by atoms with Crippen LogP contribution in [0.15, 0.2) is 53.1 Å². The van der Waals surface area contributed by atoms with Crippen molar-refractivity contribution in [2.75, 3.05) is 41.9 Å². The maximum Gasteiger partial charge on any atom is 0.338 e. The van der Waals surface area contributed by atoms with Crippen molar-refractivity contribution < 1.29 is 75.6 Å². The molecule has 0 fully saturated rings. The summed E-state index contributed by atoms with van der Waals surface area (Å²) in [5.74, 6) is -3.50. The molecule has 0 aliphatic carbocycles. The van der Waals surface area contributed by atoms with Crippen LogP contribution in [-0.2, 0) is 56.0 Å². The van der Waals surface area contributed by atoms with Crippen molar-refractivity contribution in [2.24, 2.45) is 0 Å². The predicted molar refractivity (Wildman–Crippen MR) is 235 cm³/mol. The molecule has 0 atom stereocenters. The second-order valence-electron chi connectivity index (χ2n) is 16.5. The van der Waals surface area contributed by atoms with Crippen molar-refractivity contribution in [3.63, 3.8) is 0 Å². The van der Waals surface area contributed by atoms with Crippen LogP contribution in [0.2, 0.25) is 0 Å². The number of Topliss-reactive ketones (excluding diaryl/α,β-unsaturated/α-hetero) is 2. The van der Waals surface area contributed by atoms with Gasteiger partial charge in [0.15, 0.2) is 17.3 Å². The van der Waals surface area contributed by atoms with E-state index in [1.807, 2.05) is 27.7 Å². The number of rotatable bonds is 22. The van der Waals surface area contributed by atoms with Gasteiger partial charge in [0.1, 0.15) is 6.54 Å². The summed E-state index contributed by atoms with van der Waals surface area (Å²) >= 11 is 0. The summed E-state index contributed by atoms with van der Waals surface area (Å²) in [7, 11) is -18.2. The van der Waals surface area contributed by atoms with Gasteiger partial charge in [-0.1, -0.05) is 33.8 Å². The van der Waals surface area contributed by atoms with E-state index in [1.165, 1.54) is 4.90 Å². The molecule has 2 aromatic carbocycles. The number of ketones is 2. The van der Waals surface area contributed by atoms with Crippen molar-refractivity contribution >= 4 is 75.1 Å². The molecule has 4 N–H and O–H groups in total. The van der Waals surface area contributed by atoms with Crippen molar-refractivity contribution in [1.29, 1.82) is 0 Å². The molecule has 0 aromatic heterocycles. The first-order valence-corrected chi connectivity index (χ1v) is 26.5. The minimum Gasteiger partial charge on any atom is -0.462 e. The molecule has 2 aliphatic rings. The minimum atomic E-state index is -4.99. The van der Waals surface area contributed by atoms with Crippen LogP contribution in [0.4, 0.5) is 11.4 Å². The zero-order valence-corrected chi connectivity index (χ0v) is 39.2. The van der Waals surface area contributed by atoms with Gasteiger partial charge >= 0.3 is 5.97 Å². The quantitative estimate of drug-likeness (QED) is 0.0372. The lowest BCUT2D eigenvalue weighted by Gasteiger charge is -2.27. The highest BCUT2D eigenvalue weighted by Crippen LogP contribution is 2.51. The van der Waals surface area contributed by atoms with Crippen LogP contribution in [-0.4, -0.2) is 117 Å². The lowest BCUT2D eigenvalue weighted by Crippen LogP contribution is -2.30. The first kappa shape index (κ1) is 51.5. The van der Waals surface area contributed by atoms with E-state index in [9.17, 15) is 61.7 Å². The number of hydrogen-bond donors (Lipinski definition) is 4. The summed E-state index contributed by atoms with van der Waals surface area (Å²) in [5.41, 5.74) is 0.435. The summed E-state index contributed by atoms with van der Waals surface area (Å²) < 4.78 is 140. The van der Waals surface area contributed by atoms with Crippen LogP contribution in [0.3, 0.4) is 0 Å². The summed E-state index contributed by atoms with van der Waals surface area (Å²) in [4.78, 5) is 41.5. The monoisotopic (exact) mass is 959 g/mol. The van der Waals surface area contributed by atoms with Gasteiger partial charge in [-0.25, -0.2) is 4.79 Å². The highest BCUT2D eigenvalue weighted by atomic mass is 32.2. The Hall–Kier alpha value is -4.16. The average Bonchev–Trinajstić information content (AvgIpc) is 3.49. The van der Waals surface area contributed by atoms with Crippen molar-refractivity contribution in [2.45, 2.75) is 102 Å². The van der Waals surface area contributed by atoms with E-state index in [0.29, 0.717) is 46.6 Å². The van der Waals surface area contributed by atoms with Gasteiger partial charge < -0.3 is 9.64 Å². The van der Waals surface area contributed by atoms with E-state index in [-0.39, 0.29) is 73.6 Å². The second kappa shape index (κ2) is 19.5. The average molecular weight is 960 g/mol. The number of esters is 1. The number of nitrogens with zero attached hydrogens (tertiary/aromatic N) is 2. The Labute approximate surface area is 369 Å². The molecule has 2 aromatic rings. The Morgan fingerprint density at radius 1 is 0.714 bits per heavy atom. The summed E-state index contributed by atoms with van der Waals surface area (Å²) in [6.45, 7) is 10.2. The van der Waals surface area contributed by atoms with E-state index in [0.717, 1.165) is 12.1 Å². The molecular weight excluding hydrogens is 905 g/mol. The lowest BCUT2D eigenvalue weighted by atomic mass is 9.77. The molecule has 0 amide bonds. The highest BCUT2D eigenvalue weighted by Gasteiger charge is 2.48. The number of fused-ring (bicyclic) bond motifs is 2. The van der Waals surface area contributed by atoms with Gasteiger partial charge in [0, 0.05) is 71.4 Å². The first-order valence-electron chi connectivity index (χ1n) is 20.2. The summed E-state index contributed by atoms with van der Waals surface area (Å²) in [5, 5.41) is 0. The Bertz CT molecular complexity index is 2720. The number of benzene rings is 2. The molecule has 63 heavy (non-hydrogen) atoms. The number of carbonyl (C=O) groups excluding carboxylic acids is 3. The number of allylic oxidation sites excluding steroid dienone is 4. The van der Waals surface area contributed by atoms with Crippen LogP contribution in [0.5, 0.6) is 0 Å². The van der Waals surface area contributed by atoms with Crippen molar-refractivity contribution in [3.05, 3.63) is 76.0 Å². The molecule has 0 spiro atoms. The highest BCUT2D eigenvalue weighted by molar-refractivity contribution is 7.86. The molecule has 18 nitrogen and oxygen atoms in total. The number of hydrogen-bond acceptors (Lipinski definition) is 13.